The first-order chi connectivity index (χ1) is 8.38. The number of carbonyl (C=O) groups is 2. The van der Waals surface area contributed by atoms with Gasteiger partial charge >= 0.3 is 12.1 Å². The Hall–Kier alpha value is -1.79. The van der Waals surface area contributed by atoms with Crippen LogP contribution in [0, 0.1) is 0 Å². The van der Waals surface area contributed by atoms with Crippen molar-refractivity contribution in [3.63, 3.8) is 0 Å². The lowest BCUT2D eigenvalue weighted by atomic mass is 10.3. The van der Waals surface area contributed by atoms with E-state index in [0.29, 0.717) is 5.57 Å². The number of carbonyl (C=O) groups excluding carboxylic acids is 2. The third kappa shape index (κ3) is 12.5. The Morgan fingerprint density at radius 3 is 1.68 bits per heavy atom. The summed E-state index contributed by atoms with van der Waals surface area (Å²) in [4.78, 5) is 22.5. The number of amides is 1. The molecule has 0 aliphatic heterocycles. The minimum Gasteiger partial charge on any atom is -0.453 e. The van der Waals surface area contributed by atoms with Crippen LogP contribution in [0.1, 0.15) is 13.8 Å². The number of likely N-dealkylation sites (N-methyl/N-ethyl adjacent to an activating group) is 1. The van der Waals surface area contributed by atoms with E-state index in [1.807, 2.05) is 0 Å². The molecule has 4 nitrogen and oxygen atoms in total. The zero-order chi connectivity index (χ0) is 15.8. The van der Waals surface area contributed by atoms with Gasteiger partial charge in [-0.3, -0.25) is 4.79 Å². The lowest BCUT2D eigenvalue weighted by Crippen LogP contribution is -2.21. The van der Waals surface area contributed by atoms with Crippen LogP contribution in [0.5, 0.6) is 0 Å². The normalized spacial score (nSPS) is 9.84. The van der Waals surface area contributed by atoms with Crippen LogP contribution in [0.25, 0.3) is 0 Å². The molecule has 0 aliphatic carbocycles. The third-order valence-corrected chi connectivity index (χ3v) is 1.49. The third-order valence-electron chi connectivity index (χ3n) is 1.49. The van der Waals surface area contributed by atoms with Gasteiger partial charge in [-0.2, -0.15) is 13.2 Å². The van der Waals surface area contributed by atoms with E-state index in [1.54, 1.807) is 21.0 Å². The maximum absolute atomic E-state index is 11.4. The highest BCUT2D eigenvalue weighted by Gasteiger charge is 2.29. The summed E-state index contributed by atoms with van der Waals surface area (Å²) in [7, 11) is 3.41. The van der Waals surface area contributed by atoms with Gasteiger partial charge < -0.3 is 9.64 Å². The number of hydrogen-bond donors (Lipinski definition) is 0. The van der Waals surface area contributed by atoms with Gasteiger partial charge in [-0.15, -0.1) is 0 Å². The average Bonchev–Trinajstić information content (AvgIpc) is 2.24. The summed E-state index contributed by atoms with van der Waals surface area (Å²) in [6.45, 7) is 8.02. The molecule has 0 bridgehead atoms. The van der Waals surface area contributed by atoms with Gasteiger partial charge in [-0.05, 0) is 13.8 Å². The molecule has 0 aromatic carbocycles. The van der Waals surface area contributed by atoms with E-state index < -0.39 is 18.8 Å². The molecule has 0 aromatic rings. The predicted molar refractivity (Wildman–Crippen MR) is 65.3 cm³/mol. The first-order valence-corrected chi connectivity index (χ1v) is 5.15. The van der Waals surface area contributed by atoms with Gasteiger partial charge in [0.2, 0.25) is 5.91 Å². The van der Waals surface area contributed by atoms with Crippen LogP contribution < -0.4 is 0 Å². The van der Waals surface area contributed by atoms with Gasteiger partial charge in [0.15, 0.2) is 6.61 Å². The number of nitrogens with zero attached hydrogens (tertiary/aromatic N) is 1. The second-order valence-electron chi connectivity index (χ2n) is 3.95. The molecule has 0 N–H and O–H groups in total. The predicted octanol–water partition coefficient (Wildman–Crippen LogP) is 2.32. The largest absolute Gasteiger partial charge is 0.453 e. The fourth-order valence-corrected chi connectivity index (χ4v) is 0.652. The van der Waals surface area contributed by atoms with Crippen LogP contribution in [-0.4, -0.2) is 43.7 Å². The van der Waals surface area contributed by atoms with Crippen molar-refractivity contribution in [2.24, 2.45) is 0 Å². The van der Waals surface area contributed by atoms with Crippen molar-refractivity contribution in [2.45, 2.75) is 20.0 Å². The van der Waals surface area contributed by atoms with Crippen molar-refractivity contribution in [2.75, 3.05) is 20.7 Å². The summed E-state index contributed by atoms with van der Waals surface area (Å²) in [6.07, 6.45) is -4.47. The molecule has 0 saturated heterocycles. The fraction of sp³-hybridized carbons (Fsp3) is 0.500. The highest BCUT2D eigenvalue weighted by atomic mass is 19.4. The van der Waals surface area contributed by atoms with Crippen LogP contribution in [0.3, 0.4) is 0 Å². The quantitative estimate of drug-likeness (QED) is 0.589. The first-order valence-electron chi connectivity index (χ1n) is 5.15. The van der Waals surface area contributed by atoms with E-state index in [9.17, 15) is 22.8 Å². The van der Waals surface area contributed by atoms with E-state index in [4.69, 9.17) is 0 Å². The van der Waals surface area contributed by atoms with Crippen LogP contribution in [-0.2, 0) is 14.3 Å². The van der Waals surface area contributed by atoms with E-state index >= 15 is 0 Å². The molecule has 0 aliphatic rings. The van der Waals surface area contributed by atoms with E-state index in [1.165, 1.54) is 11.8 Å². The molecule has 110 valence electrons. The van der Waals surface area contributed by atoms with E-state index in [-0.39, 0.29) is 11.5 Å². The van der Waals surface area contributed by atoms with Crippen LogP contribution in [0.4, 0.5) is 13.2 Å². The minimum atomic E-state index is -4.47. The molecule has 0 radical (unpaired) electrons. The Balaban J connectivity index is 0. The Kier molecular flexibility index (Phi) is 8.58. The highest BCUT2D eigenvalue weighted by Crippen LogP contribution is 2.14. The van der Waals surface area contributed by atoms with Gasteiger partial charge in [0.05, 0.1) is 0 Å². The molecule has 19 heavy (non-hydrogen) atoms. The molecule has 1 amide bonds. The van der Waals surface area contributed by atoms with Crippen molar-refractivity contribution in [3.8, 4) is 0 Å². The van der Waals surface area contributed by atoms with Crippen LogP contribution in [0.2, 0.25) is 0 Å². The molecule has 0 fully saturated rings. The molecular weight excluding hydrogens is 263 g/mol. The molecule has 0 aromatic heterocycles. The fourth-order valence-electron chi connectivity index (χ4n) is 0.652. The van der Waals surface area contributed by atoms with Gasteiger partial charge in [0.1, 0.15) is 0 Å². The molecule has 0 spiro atoms. The Labute approximate surface area is 110 Å². The van der Waals surface area contributed by atoms with Crippen molar-refractivity contribution >= 4 is 11.9 Å². The van der Waals surface area contributed by atoms with Crippen molar-refractivity contribution in [1.82, 2.24) is 4.90 Å². The summed E-state index contributed by atoms with van der Waals surface area (Å²) >= 11 is 0. The molecule has 0 saturated carbocycles. The van der Waals surface area contributed by atoms with Crippen molar-refractivity contribution in [3.05, 3.63) is 24.3 Å². The maximum atomic E-state index is 11.4. The van der Waals surface area contributed by atoms with Gasteiger partial charge in [0.25, 0.3) is 0 Å². The summed E-state index contributed by atoms with van der Waals surface area (Å²) in [5.41, 5.74) is 0.532. The number of alkyl halides is 3. The number of esters is 1. The Bertz CT molecular complexity index is 360. The first kappa shape index (κ1) is 19.5. The zero-order valence-corrected chi connectivity index (χ0v) is 11.4. The van der Waals surface area contributed by atoms with Gasteiger partial charge in [-0.1, -0.05) is 13.2 Å². The smallest absolute Gasteiger partial charge is 0.422 e. The Morgan fingerprint density at radius 1 is 1.11 bits per heavy atom. The molecule has 0 atom stereocenters. The second kappa shape index (κ2) is 8.34. The number of rotatable bonds is 3. The summed E-state index contributed by atoms with van der Waals surface area (Å²) in [5.74, 6) is -1.03. The van der Waals surface area contributed by atoms with Crippen molar-refractivity contribution in [1.29, 1.82) is 0 Å². The SMILES string of the molecule is C=C(C)C(=O)N(C)C.C=C(C)C(=O)OCC(F)(F)F. The van der Waals surface area contributed by atoms with E-state index in [0.717, 1.165) is 0 Å². The summed E-state index contributed by atoms with van der Waals surface area (Å²) in [6, 6.07) is 0. The number of hydrogen-bond acceptors (Lipinski definition) is 3. The van der Waals surface area contributed by atoms with Crippen LogP contribution >= 0.6 is 0 Å². The summed E-state index contributed by atoms with van der Waals surface area (Å²) in [5, 5.41) is 0. The topological polar surface area (TPSA) is 46.6 Å². The lowest BCUT2D eigenvalue weighted by molar-refractivity contribution is -0.183. The van der Waals surface area contributed by atoms with Crippen molar-refractivity contribution < 1.29 is 27.5 Å². The van der Waals surface area contributed by atoms with E-state index in [2.05, 4.69) is 17.9 Å². The summed E-state index contributed by atoms with van der Waals surface area (Å²) < 4.78 is 37.9. The molecular formula is C12H18F3NO3. The second-order valence-corrected chi connectivity index (χ2v) is 3.95. The minimum absolute atomic E-state index is 0.00926. The molecule has 0 unspecified atom stereocenters. The maximum Gasteiger partial charge on any atom is 0.422 e. The van der Waals surface area contributed by atoms with Gasteiger partial charge in [-0.25, -0.2) is 4.79 Å². The highest BCUT2D eigenvalue weighted by molar-refractivity contribution is 5.91. The average molecular weight is 281 g/mol. The van der Waals surface area contributed by atoms with Crippen LogP contribution in [0.15, 0.2) is 24.3 Å². The molecule has 0 rings (SSSR count). The molecule has 0 heterocycles. The van der Waals surface area contributed by atoms with Gasteiger partial charge in [0, 0.05) is 25.2 Å². The number of ether oxygens (including phenoxy) is 1. The molecule has 7 heteroatoms. The Morgan fingerprint density at radius 2 is 1.53 bits per heavy atom. The lowest BCUT2D eigenvalue weighted by Gasteiger charge is -2.07. The standard InChI is InChI=1S/C6H7F3O2.C6H11NO/c1-4(2)5(10)11-3-6(7,8)9;1-5(2)6(8)7(3)4/h1,3H2,2H3;1H2,2-4H3. The number of halogens is 3. The zero-order valence-electron chi connectivity index (χ0n) is 11.4. The monoisotopic (exact) mass is 281 g/mol.